The molecule has 0 radical (unpaired) electrons. The van der Waals surface area contributed by atoms with Crippen molar-refractivity contribution < 1.29 is 0 Å². The summed E-state index contributed by atoms with van der Waals surface area (Å²) in [6.45, 7) is 5.59. The van der Waals surface area contributed by atoms with Gasteiger partial charge in [0.1, 0.15) is 0 Å². The summed E-state index contributed by atoms with van der Waals surface area (Å²) in [5, 5.41) is 7.13. The van der Waals surface area contributed by atoms with Gasteiger partial charge in [-0.1, -0.05) is 43.2 Å². The van der Waals surface area contributed by atoms with Crippen molar-refractivity contribution in [2.75, 3.05) is 20.1 Å². The molecular weight excluding hydrogens is 435 g/mol. The SMILES string of the molecule is CN=C(NCCCC1CC1)NC1CCN(Cc2ccccc2)C(C)C1.I. The number of likely N-dealkylation sites (tertiary alicyclic amines) is 1. The van der Waals surface area contributed by atoms with Crippen LogP contribution in [0.2, 0.25) is 0 Å². The third-order valence-corrected chi connectivity index (χ3v) is 5.59. The fourth-order valence-electron chi connectivity index (χ4n) is 3.80. The average molecular weight is 470 g/mol. The molecule has 1 saturated carbocycles. The molecule has 1 aromatic rings. The highest BCUT2D eigenvalue weighted by Crippen LogP contribution is 2.33. The van der Waals surface area contributed by atoms with Crippen LogP contribution in [0.4, 0.5) is 0 Å². The molecule has 146 valence electrons. The zero-order valence-electron chi connectivity index (χ0n) is 16.3. The Balaban J connectivity index is 0.00000243. The fraction of sp³-hybridized carbons (Fsp3) is 0.667. The normalized spacial score (nSPS) is 24.0. The predicted octanol–water partition coefficient (Wildman–Crippen LogP) is 4.01. The van der Waals surface area contributed by atoms with E-state index in [9.17, 15) is 0 Å². The number of guanidine groups is 1. The second-order valence-electron chi connectivity index (χ2n) is 7.76. The Morgan fingerprint density at radius 2 is 1.96 bits per heavy atom. The summed E-state index contributed by atoms with van der Waals surface area (Å²) < 4.78 is 0. The Hall–Kier alpha value is -0.820. The van der Waals surface area contributed by atoms with E-state index in [1.54, 1.807) is 0 Å². The lowest BCUT2D eigenvalue weighted by Gasteiger charge is -2.38. The van der Waals surface area contributed by atoms with Crippen LogP contribution in [0.5, 0.6) is 0 Å². The number of halogens is 1. The standard InChI is InChI=1S/C21H34N4.HI/c1-17-15-20(12-14-25(17)16-19-7-4-3-5-8-19)24-21(22-2)23-13-6-9-18-10-11-18;/h3-5,7-8,17-18,20H,6,9-16H2,1-2H3,(H2,22,23,24);1H. The van der Waals surface area contributed by atoms with Crippen LogP contribution in [0.3, 0.4) is 0 Å². The smallest absolute Gasteiger partial charge is 0.191 e. The van der Waals surface area contributed by atoms with Gasteiger partial charge in [0, 0.05) is 38.8 Å². The Labute approximate surface area is 176 Å². The monoisotopic (exact) mass is 470 g/mol. The molecule has 2 N–H and O–H groups in total. The minimum absolute atomic E-state index is 0. The summed E-state index contributed by atoms with van der Waals surface area (Å²) in [6.07, 6.45) is 7.89. The first-order valence-corrected chi connectivity index (χ1v) is 9.99. The number of rotatable bonds is 7. The Bertz CT molecular complexity index is 544. The molecule has 0 bridgehead atoms. The molecule has 0 amide bonds. The van der Waals surface area contributed by atoms with Gasteiger partial charge in [0.15, 0.2) is 5.96 Å². The van der Waals surface area contributed by atoms with E-state index in [0.717, 1.165) is 31.5 Å². The second-order valence-corrected chi connectivity index (χ2v) is 7.76. The van der Waals surface area contributed by atoms with Gasteiger partial charge in [0.05, 0.1) is 0 Å². The zero-order valence-corrected chi connectivity index (χ0v) is 18.6. The van der Waals surface area contributed by atoms with E-state index in [0.29, 0.717) is 12.1 Å². The quantitative estimate of drug-likeness (QED) is 0.274. The van der Waals surface area contributed by atoms with Crippen LogP contribution in [0.15, 0.2) is 35.3 Å². The van der Waals surface area contributed by atoms with Crippen LogP contribution >= 0.6 is 24.0 Å². The molecule has 1 aliphatic heterocycles. The highest BCUT2D eigenvalue weighted by atomic mass is 127. The summed E-state index contributed by atoms with van der Waals surface area (Å²) in [5.74, 6) is 2.00. The largest absolute Gasteiger partial charge is 0.356 e. The first-order valence-electron chi connectivity index (χ1n) is 9.99. The van der Waals surface area contributed by atoms with Crippen molar-refractivity contribution in [3.63, 3.8) is 0 Å². The number of nitrogens with one attached hydrogen (secondary N) is 2. The van der Waals surface area contributed by atoms with E-state index in [-0.39, 0.29) is 24.0 Å². The highest BCUT2D eigenvalue weighted by Gasteiger charge is 2.26. The third kappa shape index (κ3) is 7.06. The van der Waals surface area contributed by atoms with Gasteiger partial charge in [-0.3, -0.25) is 9.89 Å². The van der Waals surface area contributed by atoms with Crippen molar-refractivity contribution in [1.82, 2.24) is 15.5 Å². The van der Waals surface area contributed by atoms with Gasteiger partial charge in [0.2, 0.25) is 0 Å². The molecule has 1 aromatic carbocycles. The lowest BCUT2D eigenvalue weighted by Crippen LogP contribution is -2.51. The van der Waals surface area contributed by atoms with Crippen molar-refractivity contribution in [3.8, 4) is 0 Å². The number of hydrogen-bond donors (Lipinski definition) is 2. The molecule has 0 aromatic heterocycles. The van der Waals surface area contributed by atoms with E-state index in [1.807, 2.05) is 7.05 Å². The summed E-state index contributed by atoms with van der Waals surface area (Å²) in [5.41, 5.74) is 1.41. The topological polar surface area (TPSA) is 39.7 Å². The van der Waals surface area contributed by atoms with Gasteiger partial charge in [-0.25, -0.2) is 0 Å². The molecule has 1 aliphatic carbocycles. The van der Waals surface area contributed by atoms with Crippen molar-refractivity contribution in [2.45, 2.75) is 64.1 Å². The first kappa shape index (κ1) is 21.5. The highest BCUT2D eigenvalue weighted by molar-refractivity contribution is 14.0. The Kier molecular flexibility index (Phi) is 9.19. The number of nitrogens with zero attached hydrogens (tertiary/aromatic N) is 2. The van der Waals surface area contributed by atoms with Crippen LogP contribution in [0, 0.1) is 5.92 Å². The molecule has 2 aliphatic rings. The molecule has 4 nitrogen and oxygen atoms in total. The summed E-state index contributed by atoms with van der Waals surface area (Å²) >= 11 is 0. The van der Waals surface area contributed by atoms with Crippen molar-refractivity contribution >= 4 is 29.9 Å². The van der Waals surface area contributed by atoms with Gasteiger partial charge in [-0.2, -0.15) is 0 Å². The maximum absolute atomic E-state index is 4.41. The van der Waals surface area contributed by atoms with Gasteiger partial charge < -0.3 is 10.6 Å². The zero-order chi connectivity index (χ0) is 17.5. The Morgan fingerprint density at radius 3 is 2.62 bits per heavy atom. The van der Waals surface area contributed by atoms with E-state index in [4.69, 9.17) is 0 Å². The molecule has 2 fully saturated rings. The second kappa shape index (κ2) is 11.1. The fourth-order valence-corrected chi connectivity index (χ4v) is 3.80. The van der Waals surface area contributed by atoms with Crippen molar-refractivity contribution in [1.29, 1.82) is 0 Å². The van der Waals surface area contributed by atoms with Gasteiger partial charge in [0.25, 0.3) is 0 Å². The van der Waals surface area contributed by atoms with E-state index in [1.165, 1.54) is 44.1 Å². The van der Waals surface area contributed by atoms with E-state index < -0.39 is 0 Å². The Morgan fingerprint density at radius 1 is 1.19 bits per heavy atom. The van der Waals surface area contributed by atoms with Crippen LogP contribution in [-0.2, 0) is 6.54 Å². The van der Waals surface area contributed by atoms with Gasteiger partial charge >= 0.3 is 0 Å². The molecular formula is C21H35IN4. The third-order valence-electron chi connectivity index (χ3n) is 5.59. The molecule has 2 unspecified atom stereocenters. The van der Waals surface area contributed by atoms with Crippen LogP contribution in [0.25, 0.3) is 0 Å². The summed E-state index contributed by atoms with van der Waals surface area (Å²) in [6, 6.07) is 11.9. The van der Waals surface area contributed by atoms with Crippen LogP contribution in [0.1, 0.15) is 51.0 Å². The molecule has 26 heavy (non-hydrogen) atoms. The summed E-state index contributed by atoms with van der Waals surface area (Å²) in [4.78, 5) is 7.00. The van der Waals surface area contributed by atoms with Crippen LogP contribution in [-0.4, -0.2) is 43.1 Å². The number of aliphatic imine (C=N–C) groups is 1. The number of piperidine rings is 1. The maximum Gasteiger partial charge on any atom is 0.191 e. The lowest BCUT2D eigenvalue weighted by molar-refractivity contribution is 0.134. The number of benzene rings is 1. The van der Waals surface area contributed by atoms with Gasteiger partial charge in [-0.15, -0.1) is 24.0 Å². The average Bonchev–Trinajstić information content (AvgIpc) is 3.45. The lowest BCUT2D eigenvalue weighted by atomic mass is 9.97. The molecule has 3 rings (SSSR count). The van der Waals surface area contributed by atoms with Crippen molar-refractivity contribution in [3.05, 3.63) is 35.9 Å². The molecule has 1 heterocycles. The van der Waals surface area contributed by atoms with E-state index >= 15 is 0 Å². The maximum atomic E-state index is 4.41. The molecule has 5 heteroatoms. The van der Waals surface area contributed by atoms with Crippen molar-refractivity contribution in [2.24, 2.45) is 10.9 Å². The molecule has 1 saturated heterocycles. The molecule has 2 atom stereocenters. The summed E-state index contributed by atoms with van der Waals surface area (Å²) in [7, 11) is 1.88. The minimum Gasteiger partial charge on any atom is -0.356 e. The van der Waals surface area contributed by atoms with Crippen LogP contribution < -0.4 is 10.6 Å². The van der Waals surface area contributed by atoms with E-state index in [2.05, 4.69) is 57.8 Å². The first-order chi connectivity index (χ1) is 12.2. The molecule has 0 spiro atoms. The number of hydrogen-bond acceptors (Lipinski definition) is 2. The van der Waals surface area contributed by atoms with Gasteiger partial charge in [-0.05, 0) is 44.1 Å². The minimum atomic E-state index is 0. The predicted molar refractivity (Wildman–Crippen MR) is 121 cm³/mol.